The molecule has 0 aliphatic heterocycles. The second-order valence-electron chi connectivity index (χ2n) is 5.02. The Bertz CT molecular complexity index is 480. The second kappa shape index (κ2) is 8.21. The van der Waals surface area contributed by atoms with Crippen LogP contribution in [0.2, 0.25) is 0 Å². The van der Waals surface area contributed by atoms with Crippen molar-refractivity contribution in [3.8, 4) is 6.07 Å². The quantitative estimate of drug-likeness (QED) is 0.739. The summed E-state index contributed by atoms with van der Waals surface area (Å²) in [4.78, 5) is 13.1. The number of nitriles is 1. The van der Waals surface area contributed by atoms with Gasteiger partial charge in [0.2, 0.25) is 0 Å². The van der Waals surface area contributed by atoms with Gasteiger partial charge in [-0.2, -0.15) is 5.26 Å². The van der Waals surface area contributed by atoms with Crippen molar-refractivity contribution >= 4 is 11.7 Å². The third-order valence-electron chi connectivity index (χ3n) is 3.31. The smallest absolute Gasteiger partial charge is 0.308 e. The second-order valence-corrected chi connectivity index (χ2v) is 5.02. The lowest BCUT2D eigenvalue weighted by Crippen LogP contribution is -2.33. The maximum Gasteiger partial charge on any atom is 0.308 e. The van der Waals surface area contributed by atoms with E-state index in [1.807, 2.05) is 23.1 Å². The maximum atomic E-state index is 11.1. The van der Waals surface area contributed by atoms with Crippen LogP contribution in [0.5, 0.6) is 0 Å². The molecule has 0 amide bonds. The van der Waals surface area contributed by atoms with Crippen LogP contribution in [-0.4, -0.2) is 24.2 Å². The molecule has 0 fully saturated rings. The van der Waals surface area contributed by atoms with E-state index in [0.717, 1.165) is 31.5 Å². The highest BCUT2D eigenvalue weighted by Crippen LogP contribution is 2.21. The first kappa shape index (κ1) is 16.0. The Morgan fingerprint density at radius 3 is 2.70 bits per heavy atom. The van der Waals surface area contributed by atoms with Crippen molar-refractivity contribution in [2.24, 2.45) is 5.92 Å². The maximum absolute atomic E-state index is 11.1. The van der Waals surface area contributed by atoms with Crippen molar-refractivity contribution < 1.29 is 9.90 Å². The number of aliphatic carboxylic acids is 1. The average Bonchev–Trinajstić information content (AvgIpc) is 2.46. The van der Waals surface area contributed by atoms with Gasteiger partial charge >= 0.3 is 5.97 Å². The van der Waals surface area contributed by atoms with E-state index >= 15 is 0 Å². The molecule has 1 N–H and O–H groups in total. The van der Waals surface area contributed by atoms with Crippen LogP contribution in [-0.2, 0) is 4.79 Å². The summed E-state index contributed by atoms with van der Waals surface area (Å²) in [5.41, 5.74) is 1.43. The standard InChI is InChI=1S/C16H22N2O2/c1-3-4-7-10-18(12-13(2)16(19)20)15-9-6-5-8-14(15)11-17/h5-6,8-9,13H,3-4,7,10,12H2,1-2H3,(H,19,20). The summed E-state index contributed by atoms with van der Waals surface area (Å²) in [6, 6.07) is 9.55. The first-order valence-electron chi connectivity index (χ1n) is 7.07. The highest BCUT2D eigenvalue weighted by atomic mass is 16.4. The average molecular weight is 274 g/mol. The molecule has 1 rings (SSSR count). The van der Waals surface area contributed by atoms with E-state index in [1.54, 1.807) is 13.0 Å². The Labute approximate surface area is 120 Å². The van der Waals surface area contributed by atoms with Crippen molar-refractivity contribution in [2.75, 3.05) is 18.0 Å². The molecule has 0 radical (unpaired) electrons. The van der Waals surface area contributed by atoms with Crippen LogP contribution in [0.1, 0.15) is 38.7 Å². The van der Waals surface area contributed by atoms with E-state index in [0.29, 0.717) is 12.1 Å². The molecule has 108 valence electrons. The first-order valence-corrected chi connectivity index (χ1v) is 7.07. The fourth-order valence-corrected chi connectivity index (χ4v) is 2.12. The number of para-hydroxylation sites is 1. The molecule has 0 heterocycles. The van der Waals surface area contributed by atoms with Crippen LogP contribution in [0.15, 0.2) is 24.3 Å². The Balaban J connectivity index is 2.91. The fourth-order valence-electron chi connectivity index (χ4n) is 2.12. The summed E-state index contributed by atoms with van der Waals surface area (Å²) in [6.07, 6.45) is 3.22. The molecular weight excluding hydrogens is 252 g/mol. The summed E-state index contributed by atoms with van der Waals surface area (Å²) >= 11 is 0. The normalized spacial score (nSPS) is 11.7. The summed E-state index contributed by atoms with van der Waals surface area (Å²) < 4.78 is 0. The van der Waals surface area contributed by atoms with Crippen LogP contribution in [0.3, 0.4) is 0 Å². The molecular formula is C16H22N2O2. The molecule has 0 saturated heterocycles. The summed E-state index contributed by atoms with van der Waals surface area (Å²) in [5, 5.41) is 18.3. The summed E-state index contributed by atoms with van der Waals surface area (Å²) in [6.45, 7) is 5.04. The lowest BCUT2D eigenvalue weighted by molar-refractivity contribution is -0.140. The van der Waals surface area contributed by atoms with Gasteiger partial charge in [0.1, 0.15) is 6.07 Å². The van der Waals surface area contributed by atoms with E-state index < -0.39 is 11.9 Å². The predicted molar refractivity (Wildman–Crippen MR) is 79.7 cm³/mol. The van der Waals surface area contributed by atoms with Gasteiger partial charge in [-0.15, -0.1) is 0 Å². The molecule has 1 atom stereocenters. The minimum atomic E-state index is -0.806. The van der Waals surface area contributed by atoms with Gasteiger partial charge < -0.3 is 10.0 Å². The predicted octanol–water partition coefficient (Wildman–Crippen LogP) is 3.28. The van der Waals surface area contributed by atoms with E-state index in [1.165, 1.54) is 0 Å². The zero-order valence-electron chi connectivity index (χ0n) is 12.2. The summed E-state index contributed by atoms with van der Waals surface area (Å²) in [7, 11) is 0. The number of carboxylic acids is 1. The number of nitrogens with zero attached hydrogens (tertiary/aromatic N) is 2. The molecule has 4 nitrogen and oxygen atoms in total. The topological polar surface area (TPSA) is 64.3 Å². The number of carbonyl (C=O) groups is 1. The number of hydrogen-bond donors (Lipinski definition) is 1. The van der Waals surface area contributed by atoms with Gasteiger partial charge in [-0.05, 0) is 18.6 Å². The number of unbranched alkanes of at least 4 members (excludes halogenated alkanes) is 2. The van der Waals surface area contributed by atoms with Gasteiger partial charge in [-0.25, -0.2) is 0 Å². The monoisotopic (exact) mass is 274 g/mol. The third kappa shape index (κ3) is 4.58. The lowest BCUT2D eigenvalue weighted by Gasteiger charge is -2.27. The van der Waals surface area contributed by atoms with Crippen molar-refractivity contribution in [1.29, 1.82) is 5.26 Å². The number of rotatable bonds is 8. The Morgan fingerprint density at radius 2 is 2.10 bits per heavy atom. The van der Waals surface area contributed by atoms with Crippen molar-refractivity contribution in [2.45, 2.75) is 33.1 Å². The number of anilines is 1. The van der Waals surface area contributed by atoms with Crippen molar-refractivity contribution in [1.82, 2.24) is 0 Å². The molecule has 0 aromatic heterocycles. The molecule has 0 spiro atoms. The number of hydrogen-bond acceptors (Lipinski definition) is 3. The number of benzene rings is 1. The molecule has 0 aliphatic rings. The zero-order valence-corrected chi connectivity index (χ0v) is 12.2. The van der Waals surface area contributed by atoms with Crippen LogP contribution >= 0.6 is 0 Å². The molecule has 4 heteroatoms. The van der Waals surface area contributed by atoms with Crippen molar-refractivity contribution in [3.05, 3.63) is 29.8 Å². The zero-order chi connectivity index (χ0) is 15.0. The Kier molecular flexibility index (Phi) is 6.58. The van der Waals surface area contributed by atoms with Gasteiger partial charge in [-0.1, -0.05) is 38.8 Å². The van der Waals surface area contributed by atoms with Gasteiger partial charge in [-0.3, -0.25) is 4.79 Å². The molecule has 0 saturated carbocycles. The Hall–Kier alpha value is -2.02. The third-order valence-corrected chi connectivity index (χ3v) is 3.31. The fraction of sp³-hybridized carbons (Fsp3) is 0.500. The molecule has 0 aliphatic carbocycles. The number of carboxylic acid groups (broad SMARTS) is 1. The molecule has 1 aromatic rings. The highest BCUT2D eigenvalue weighted by molar-refractivity contribution is 5.71. The van der Waals surface area contributed by atoms with Gasteiger partial charge in [0.05, 0.1) is 17.2 Å². The van der Waals surface area contributed by atoms with E-state index in [4.69, 9.17) is 5.11 Å². The van der Waals surface area contributed by atoms with Gasteiger partial charge in [0, 0.05) is 13.1 Å². The van der Waals surface area contributed by atoms with Gasteiger partial charge in [0.15, 0.2) is 0 Å². The summed E-state index contributed by atoms with van der Waals surface area (Å²) in [5.74, 6) is -1.26. The highest BCUT2D eigenvalue weighted by Gasteiger charge is 2.18. The van der Waals surface area contributed by atoms with Crippen LogP contribution in [0, 0.1) is 17.2 Å². The van der Waals surface area contributed by atoms with Gasteiger partial charge in [0.25, 0.3) is 0 Å². The van der Waals surface area contributed by atoms with Crippen LogP contribution in [0.4, 0.5) is 5.69 Å². The molecule has 1 unspecified atom stereocenters. The van der Waals surface area contributed by atoms with E-state index in [-0.39, 0.29) is 0 Å². The Morgan fingerprint density at radius 1 is 1.40 bits per heavy atom. The van der Waals surface area contributed by atoms with E-state index in [9.17, 15) is 10.1 Å². The molecule has 20 heavy (non-hydrogen) atoms. The molecule has 1 aromatic carbocycles. The minimum absolute atomic E-state index is 0.428. The lowest BCUT2D eigenvalue weighted by atomic mass is 10.1. The van der Waals surface area contributed by atoms with Crippen molar-refractivity contribution in [3.63, 3.8) is 0 Å². The largest absolute Gasteiger partial charge is 0.481 e. The SMILES string of the molecule is CCCCCN(CC(C)C(=O)O)c1ccccc1C#N. The minimum Gasteiger partial charge on any atom is -0.481 e. The first-order chi connectivity index (χ1) is 9.60. The van der Waals surface area contributed by atoms with Crippen LogP contribution < -0.4 is 4.90 Å². The molecule has 0 bridgehead atoms. The van der Waals surface area contributed by atoms with E-state index in [2.05, 4.69) is 13.0 Å². The van der Waals surface area contributed by atoms with Crippen LogP contribution in [0.25, 0.3) is 0 Å².